The van der Waals surface area contributed by atoms with E-state index in [1.807, 2.05) is 24.3 Å². The van der Waals surface area contributed by atoms with Crippen molar-refractivity contribution in [3.05, 3.63) is 54.1 Å². The molecule has 7 nitrogen and oxygen atoms in total. The van der Waals surface area contributed by atoms with Crippen LogP contribution in [0.3, 0.4) is 0 Å². The van der Waals surface area contributed by atoms with E-state index in [4.69, 9.17) is 0 Å². The van der Waals surface area contributed by atoms with Gasteiger partial charge in [0.2, 0.25) is 10.0 Å². The summed E-state index contributed by atoms with van der Waals surface area (Å²) in [7, 11) is -3.40. The van der Waals surface area contributed by atoms with Crippen molar-refractivity contribution in [3.63, 3.8) is 0 Å². The molecule has 0 bridgehead atoms. The van der Waals surface area contributed by atoms with Gasteiger partial charge in [-0.2, -0.15) is 4.37 Å². The summed E-state index contributed by atoms with van der Waals surface area (Å²) < 4.78 is 31.7. The van der Waals surface area contributed by atoms with Gasteiger partial charge in [-0.3, -0.25) is 9.52 Å². The van der Waals surface area contributed by atoms with Gasteiger partial charge in [0.25, 0.3) is 5.91 Å². The number of sulfonamides is 1. The summed E-state index contributed by atoms with van der Waals surface area (Å²) in [5.74, 6) is 0.597. The van der Waals surface area contributed by atoms with E-state index in [1.54, 1.807) is 38.1 Å². The van der Waals surface area contributed by atoms with Crippen molar-refractivity contribution in [3.8, 4) is 0 Å². The number of fused-ring (bicyclic) bond motifs is 1. The zero-order valence-corrected chi connectivity index (χ0v) is 17.2. The van der Waals surface area contributed by atoms with E-state index in [2.05, 4.69) is 19.7 Å². The zero-order valence-electron chi connectivity index (χ0n) is 15.6. The molecule has 1 heterocycles. The van der Waals surface area contributed by atoms with Crippen molar-refractivity contribution in [1.82, 2.24) is 9.69 Å². The molecule has 0 atom stereocenters. The molecule has 148 valence electrons. The van der Waals surface area contributed by atoms with Crippen molar-refractivity contribution in [2.24, 2.45) is 0 Å². The van der Waals surface area contributed by atoms with E-state index < -0.39 is 15.3 Å². The van der Waals surface area contributed by atoms with E-state index in [0.717, 1.165) is 15.9 Å². The van der Waals surface area contributed by atoms with Crippen LogP contribution in [0, 0.1) is 0 Å². The molecule has 1 aromatic heterocycles. The van der Waals surface area contributed by atoms with Gasteiger partial charge >= 0.3 is 0 Å². The maximum Gasteiger partial charge on any atom is 0.251 e. The van der Waals surface area contributed by atoms with Crippen LogP contribution in [-0.4, -0.2) is 37.0 Å². The lowest BCUT2D eigenvalue weighted by atomic mass is 10.2. The number of hydrogen-bond donors (Lipinski definition) is 3. The van der Waals surface area contributed by atoms with Crippen molar-refractivity contribution >= 4 is 49.1 Å². The number of nitrogens with zero attached hydrogens (tertiary/aromatic N) is 1. The lowest BCUT2D eigenvalue weighted by Gasteiger charge is -2.11. The quantitative estimate of drug-likeness (QED) is 0.488. The molecule has 0 aliphatic rings. The number of nitrogens with one attached hydrogen (secondary N) is 3. The highest BCUT2D eigenvalue weighted by Gasteiger charge is 2.15. The number of carbonyl (C=O) groups is 1. The molecule has 0 spiro atoms. The Hall–Kier alpha value is -2.65. The van der Waals surface area contributed by atoms with Gasteiger partial charge in [-0.05, 0) is 61.8 Å². The average Bonchev–Trinajstić information content (AvgIpc) is 3.08. The van der Waals surface area contributed by atoms with Crippen molar-refractivity contribution in [2.75, 3.05) is 23.1 Å². The Kier molecular flexibility index (Phi) is 6.15. The van der Waals surface area contributed by atoms with Crippen LogP contribution < -0.4 is 15.4 Å². The largest absolute Gasteiger partial charge is 0.367 e. The summed E-state index contributed by atoms with van der Waals surface area (Å²) in [4.78, 5) is 12.2. The van der Waals surface area contributed by atoms with Gasteiger partial charge in [-0.25, -0.2) is 8.42 Å². The minimum atomic E-state index is -3.40. The number of aromatic nitrogens is 1. The van der Waals surface area contributed by atoms with Crippen LogP contribution >= 0.6 is 11.5 Å². The average molecular weight is 419 g/mol. The first kappa shape index (κ1) is 20.1. The molecule has 2 aromatic carbocycles. The Morgan fingerprint density at radius 1 is 1.07 bits per heavy atom. The van der Waals surface area contributed by atoms with Crippen molar-refractivity contribution in [1.29, 1.82) is 0 Å². The van der Waals surface area contributed by atoms with Crippen molar-refractivity contribution < 1.29 is 13.2 Å². The third-order valence-electron chi connectivity index (χ3n) is 4.11. The molecule has 0 aliphatic heterocycles. The Labute approximate surface area is 168 Å². The molecule has 0 radical (unpaired) electrons. The number of hydrogen-bond acceptors (Lipinski definition) is 6. The monoisotopic (exact) mass is 418 g/mol. The molecular weight excluding hydrogens is 396 g/mol. The second-order valence-electron chi connectivity index (χ2n) is 6.48. The maximum absolute atomic E-state index is 12.2. The fraction of sp³-hybridized carbons (Fsp3) is 0.263. The van der Waals surface area contributed by atoms with Crippen LogP contribution in [0.5, 0.6) is 0 Å². The third-order valence-corrected chi connectivity index (χ3v) is 6.70. The lowest BCUT2D eigenvalue weighted by Crippen LogP contribution is -2.28. The number of anilines is 2. The first-order valence-corrected chi connectivity index (χ1v) is 11.2. The molecule has 0 saturated heterocycles. The molecule has 3 rings (SSSR count). The van der Waals surface area contributed by atoms with E-state index in [1.165, 1.54) is 11.5 Å². The molecular formula is C19H22N4O3S2. The molecule has 0 aliphatic carbocycles. The molecule has 1 amide bonds. The number of amides is 1. The summed E-state index contributed by atoms with van der Waals surface area (Å²) in [6.07, 6.45) is 0. The lowest BCUT2D eigenvalue weighted by molar-refractivity contribution is 0.0955. The molecule has 0 saturated carbocycles. The summed E-state index contributed by atoms with van der Waals surface area (Å²) in [5.41, 5.74) is 0.897. The van der Waals surface area contributed by atoms with Gasteiger partial charge in [0.05, 0.1) is 9.95 Å². The van der Waals surface area contributed by atoms with Gasteiger partial charge in [0.15, 0.2) is 0 Å². The van der Waals surface area contributed by atoms with Crippen LogP contribution in [0.4, 0.5) is 11.5 Å². The number of rotatable bonds is 8. The highest BCUT2D eigenvalue weighted by atomic mass is 32.2. The van der Waals surface area contributed by atoms with Gasteiger partial charge in [-0.15, -0.1) is 0 Å². The highest BCUT2D eigenvalue weighted by molar-refractivity contribution is 7.93. The first-order chi connectivity index (χ1) is 13.4. The fourth-order valence-corrected chi connectivity index (χ4v) is 3.90. The molecule has 0 unspecified atom stereocenters. The molecule has 28 heavy (non-hydrogen) atoms. The van der Waals surface area contributed by atoms with E-state index in [0.29, 0.717) is 24.3 Å². The van der Waals surface area contributed by atoms with Crippen LogP contribution in [0.15, 0.2) is 48.5 Å². The maximum atomic E-state index is 12.2. The number of benzene rings is 2. The van der Waals surface area contributed by atoms with Crippen molar-refractivity contribution in [2.45, 2.75) is 19.1 Å². The standard InChI is InChI=1S/C19H22N4O3S2/c1-13(2)28(25,26)23-15-9-7-14(8-10-15)19(24)21-12-11-20-18-16-5-3-4-6-17(16)27-22-18/h3-10,13,23H,11-12H2,1-2H3,(H,20,22)(H,21,24). The Morgan fingerprint density at radius 2 is 1.79 bits per heavy atom. The zero-order chi connectivity index (χ0) is 20.1. The number of carbonyl (C=O) groups excluding carboxylic acids is 1. The Morgan fingerprint density at radius 3 is 2.50 bits per heavy atom. The predicted molar refractivity (Wildman–Crippen MR) is 115 cm³/mol. The van der Waals surface area contributed by atoms with Gasteiger partial charge in [0, 0.05) is 29.7 Å². The normalized spacial score (nSPS) is 11.5. The van der Waals surface area contributed by atoms with Gasteiger partial charge < -0.3 is 10.6 Å². The Balaban J connectivity index is 1.49. The van der Waals surface area contributed by atoms with E-state index in [9.17, 15) is 13.2 Å². The Bertz CT molecular complexity index is 1060. The molecule has 3 N–H and O–H groups in total. The summed E-state index contributed by atoms with van der Waals surface area (Å²) in [6.45, 7) is 4.19. The van der Waals surface area contributed by atoms with E-state index >= 15 is 0 Å². The second-order valence-corrected chi connectivity index (χ2v) is 9.53. The SMILES string of the molecule is CC(C)S(=O)(=O)Nc1ccc(C(=O)NCCNc2nsc3ccccc23)cc1. The minimum absolute atomic E-state index is 0.219. The van der Waals surface area contributed by atoms with Crippen LogP contribution in [0.25, 0.3) is 10.1 Å². The van der Waals surface area contributed by atoms with Gasteiger partial charge in [-0.1, -0.05) is 12.1 Å². The smallest absolute Gasteiger partial charge is 0.251 e. The molecule has 3 aromatic rings. The fourth-order valence-electron chi connectivity index (χ4n) is 2.44. The predicted octanol–water partition coefficient (Wildman–Crippen LogP) is 3.29. The highest BCUT2D eigenvalue weighted by Crippen LogP contribution is 2.25. The van der Waals surface area contributed by atoms with Crippen LogP contribution in [-0.2, 0) is 10.0 Å². The topological polar surface area (TPSA) is 100 Å². The molecule has 0 fully saturated rings. The van der Waals surface area contributed by atoms with Crippen LogP contribution in [0.1, 0.15) is 24.2 Å². The summed E-state index contributed by atoms with van der Waals surface area (Å²) in [5, 5.41) is 6.60. The summed E-state index contributed by atoms with van der Waals surface area (Å²) >= 11 is 1.43. The molecule has 9 heteroatoms. The van der Waals surface area contributed by atoms with Crippen LogP contribution in [0.2, 0.25) is 0 Å². The first-order valence-electron chi connectivity index (χ1n) is 8.85. The minimum Gasteiger partial charge on any atom is -0.367 e. The third kappa shape index (κ3) is 4.79. The second kappa shape index (κ2) is 8.57. The van der Waals surface area contributed by atoms with Gasteiger partial charge in [0.1, 0.15) is 5.82 Å². The summed E-state index contributed by atoms with van der Waals surface area (Å²) in [6, 6.07) is 14.3. The van der Waals surface area contributed by atoms with E-state index in [-0.39, 0.29) is 5.91 Å².